The fourth-order valence-corrected chi connectivity index (χ4v) is 2.13. The molecule has 2 atom stereocenters. The normalized spacial score (nSPS) is 14.9. The molecule has 0 bridgehead atoms. The molecule has 0 radical (unpaired) electrons. The lowest BCUT2D eigenvalue weighted by atomic mass is 10.1. The second-order valence-corrected chi connectivity index (χ2v) is 4.81. The summed E-state index contributed by atoms with van der Waals surface area (Å²) in [6.45, 7) is 4.07. The van der Waals surface area contributed by atoms with Crippen LogP contribution in [0.3, 0.4) is 0 Å². The molecule has 2 nitrogen and oxygen atoms in total. The number of ether oxygens (including phenoxy) is 1. The van der Waals surface area contributed by atoms with Gasteiger partial charge >= 0.3 is 0 Å². The maximum absolute atomic E-state index is 5.83. The molecule has 2 unspecified atom stereocenters. The Morgan fingerprint density at radius 2 is 2.13 bits per heavy atom. The minimum atomic E-state index is 0.102. The van der Waals surface area contributed by atoms with Crippen molar-refractivity contribution in [3.63, 3.8) is 0 Å². The number of nitrogens with two attached hydrogens (primary N) is 1. The van der Waals surface area contributed by atoms with Crippen molar-refractivity contribution in [3.05, 3.63) is 29.8 Å². The van der Waals surface area contributed by atoms with Crippen LogP contribution in [0.2, 0.25) is 0 Å². The molecule has 0 saturated heterocycles. The monoisotopic (exact) mass is 225 g/mol. The Morgan fingerprint density at radius 1 is 1.40 bits per heavy atom. The van der Waals surface area contributed by atoms with Crippen LogP contribution < -0.4 is 5.73 Å². The summed E-state index contributed by atoms with van der Waals surface area (Å²) in [6, 6.07) is 8.48. The first-order valence-corrected chi connectivity index (χ1v) is 6.13. The number of methoxy groups -OCH3 is 1. The number of rotatable bonds is 5. The van der Waals surface area contributed by atoms with E-state index < -0.39 is 0 Å². The molecule has 1 aromatic carbocycles. The van der Waals surface area contributed by atoms with Crippen LogP contribution in [0.15, 0.2) is 29.2 Å². The molecule has 3 heteroatoms. The lowest BCUT2D eigenvalue weighted by molar-refractivity contribution is 0.138. The maximum Gasteiger partial charge on any atom is 0.0637 e. The van der Waals surface area contributed by atoms with Gasteiger partial charge in [0.2, 0.25) is 0 Å². The molecule has 0 aliphatic carbocycles. The van der Waals surface area contributed by atoms with Crippen molar-refractivity contribution >= 4 is 11.8 Å². The summed E-state index contributed by atoms with van der Waals surface area (Å²) < 4.78 is 5.20. The van der Waals surface area contributed by atoms with Gasteiger partial charge in [-0.15, -0.1) is 11.8 Å². The van der Waals surface area contributed by atoms with Crippen LogP contribution in [-0.2, 0) is 4.74 Å². The smallest absolute Gasteiger partial charge is 0.0637 e. The van der Waals surface area contributed by atoms with E-state index in [9.17, 15) is 0 Å². The maximum atomic E-state index is 5.83. The lowest BCUT2D eigenvalue weighted by Gasteiger charge is -2.10. The fourth-order valence-electron chi connectivity index (χ4n) is 1.17. The van der Waals surface area contributed by atoms with E-state index in [1.54, 1.807) is 18.9 Å². The van der Waals surface area contributed by atoms with E-state index in [1.165, 1.54) is 10.5 Å². The fraction of sp³-hybridized carbons (Fsp3) is 0.500. The second-order valence-electron chi connectivity index (χ2n) is 3.72. The average Bonchev–Trinajstić information content (AvgIpc) is 2.26. The van der Waals surface area contributed by atoms with Crippen molar-refractivity contribution in [2.24, 2.45) is 5.73 Å². The van der Waals surface area contributed by atoms with Crippen LogP contribution in [0, 0.1) is 0 Å². The number of benzene rings is 1. The van der Waals surface area contributed by atoms with Gasteiger partial charge in [-0.1, -0.05) is 12.1 Å². The third-order valence-corrected chi connectivity index (χ3v) is 3.49. The van der Waals surface area contributed by atoms with Crippen molar-refractivity contribution < 1.29 is 4.74 Å². The Morgan fingerprint density at radius 3 is 2.73 bits per heavy atom. The molecule has 0 spiro atoms. The summed E-state index contributed by atoms with van der Waals surface area (Å²) in [5.74, 6) is 0.971. The standard InChI is InChI=1S/C12H19NOS/c1-9(14-3)8-15-12-6-4-5-11(7-12)10(2)13/h4-7,9-10H,8,13H2,1-3H3. The van der Waals surface area contributed by atoms with Crippen molar-refractivity contribution in [3.8, 4) is 0 Å². The van der Waals surface area contributed by atoms with Gasteiger partial charge in [-0.05, 0) is 31.5 Å². The molecule has 0 aliphatic rings. The third-order valence-electron chi connectivity index (χ3n) is 2.27. The van der Waals surface area contributed by atoms with Crippen LogP contribution >= 0.6 is 11.8 Å². The summed E-state index contributed by atoms with van der Waals surface area (Å²) in [6.07, 6.45) is 0.286. The molecule has 0 amide bonds. The zero-order chi connectivity index (χ0) is 11.3. The lowest BCUT2D eigenvalue weighted by Crippen LogP contribution is -2.08. The molecule has 0 fully saturated rings. The zero-order valence-corrected chi connectivity index (χ0v) is 10.4. The Labute approximate surface area is 96.2 Å². The molecule has 2 N–H and O–H groups in total. The van der Waals surface area contributed by atoms with E-state index in [0.29, 0.717) is 0 Å². The molecule has 1 rings (SSSR count). The SMILES string of the molecule is COC(C)CSc1cccc(C(C)N)c1. The first-order valence-electron chi connectivity index (χ1n) is 5.14. The molecule has 0 saturated carbocycles. The van der Waals surface area contributed by atoms with E-state index in [1.807, 2.05) is 6.92 Å². The topological polar surface area (TPSA) is 35.2 Å². The molecule has 15 heavy (non-hydrogen) atoms. The first kappa shape index (κ1) is 12.6. The quantitative estimate of drug-likeness (QED) is 0.783. The Hall–Kier alpha value is -0.510. The summed E-state index contributed by atoms with van der Waals surface area (Å²) >= 11 is 1.80. The van der Waals surface area contributed by atoms with Crippen molar-refractivity contribution in [2.75, 3.05) is 12.9 Å². The second kappa shape index (κ2) is 6.16. The first-order chi connectivity index (χ1) is 7.13. The Kier molecular flexibility index (Phi) is 5.15. The highest BCUT2D eigenvalue weighted by Gasteiger charge is 2.03. The predicted molar refractivity (Wildman–Crippen MR) is 66.2 cm³/mol. The summed E-state index contributed by atoms with van der Waals surface area (Å²) in [5.41, 5.74) is 7.02. The van der Waals surface area contributed by atoms with Gasteiger partial charge in [0, 0.05) is 23.8 Å². The highest BCUT2D eigenvalue weighted by Crippen LogP contribution is 2.22. The number of hydrogen-bond acceptors (Lipinski definition) is 3. The highest BCUT2D eigenvalue weighted by atomic mass is 32.2. The summed E-state index contributed by atoms with van der Waals surface area (Å²) in [4.78, 5) is 1.26. The van der Waals surface area contributed by atoms with Gasteiger partial charge < -0.3 is 10.5 Å². The highest BCUT2D eigenvalue weighted by molar-refractivity contribution is 7.99. The van der Waals surface area contributed by atoms with Gasteiger partial charge in [0.15, 0.2) is 0 Å². The molecule has 0 heterocycles. The predicted octanol–water partition coefficient (Wildman–Crippen LogP) is 2.83. The molecular formula is C12H19NOS. The van der Waals surface area contributed by atoms with Gasteiger partial charge in [-0.25, -0.2) is 0 Å². The zero-order valence-electron chi connectivity index (χ0n) is 9.57. The average molecular weight is 225 g/mol. The van der Waals surface area contributed by atoms with E-state index in [4.69, 9.17) is 10.5 Å². The van der Waals surface area contributed by atoms with Gasteiger partial charge in [0.05, 0.1) is 6.10 Å². The minimum Gasteiger partial charge on any atom is -0.381 e. The number of thioether (sulfide) groups is 1. The van der Waals surface area contributed by atoms with Crippen molar-refractivity contribution in [1.82, 2.24) is 0 Å². The van der Waals surface area contributed by atoms with Crippen LogP contribution in [0.4, 0.5) is 0 Å². The molecule has 0 aromatic heterocycles. The van der Waals surface area contributed by atoms with Crippen LogP contribution in [0.1, 0.15) is 25.5 Å². The largest absolute Gasteiger partial charge is 0.381 e. The number of hydrogen-bond donors (Lipinski definition) is 1. The molecule has 84 valence electrons. The van der Waals surface area contributed by atoms with Gasteiger partial charge in [-0.3, -0.25) is 0 Å². The third kappa shape index (κ3) is 4.24. The summed E-state index contributed by atoms with van der Waals surface area (Å²) in [5, 5.41) is 0. The van der Waals surface area contributed by atoms with Gasteiger partial charge in [0.1, 0.15) is 0 Å². The van der Waals surface area contributed by atoms with Crippen molar-refractivity contribution in [1.29, 1.82) is 0 Å². The Balaban J connectivity index is 2.58. The van der Waals surface area contributed by atoms with Gasteiger partial charge in [-0.2, -0.15) is 0 Å². The molecule has 0 aliphatic heterocycles. The summed E-state index contributed by atoms with van der Waals surface area (Å²) in [7, 11) is 1.74. The van der Waals surface area contributed by atoms with E-state index in [-0.39, 0.29) is 12.1 Å². The minimum absolute atomic E-state index is 0.102. The van der Waals surface area contributed by atoms with E-state index in [2.05, 4.69) is 31.2 Å². The molecule has 1 aromatic rings. The van der Waals surface area contributed by atoms with Crippen LogP contribution in [0.5, 0.6) is 0 Å². The van der Waals surface area contributed by atoms with Gasteiger partial charge in [0.25, 0.3) is 0 Å². The Bertz CT molecular complexity index is 301. The van der Waals surface area contributed by atoms with E-state index in [0.717, 1.165) is 5.75 Å². The van der Waals surface area contributed by atoms with Crippen LogP contribution in [-0.4, -0.2) is 19.0 Å². The van der Waals surface area contributed by atoms with Crippen molar-refractivity contribution in [2.45, 2.75) is 30.9 Å². The van der Waals surface area contributed by atoms with E-state index >= 15 is 0 Å². The molecular weight excluding hydrogens is 206 g/mol. The van der Waals surface area contributed by atoms with Crippen LogP contribution in [0.25, 0.3) is 0 Å².